The van der Waals surface area contributed by atoms with Crippen molar-refractivity contribution in [1.82, 2.24) is 15.5 Å². The van der Waals surface area contributed by atoms with Crippen molar-refractivity contribution in [3.8, 4) is 17.5 Å². The number of amides is 1. The van der Waals surface area contributed by atoms with Gasteiger partial charge in [-0.1, -0.05) is 12.1 Å². The van der Waals surface area contributed by atoms with Crippen molar-refractivity contribution in [2.45, 2.75) is 13.3 Å². The van der Waals surface area contributed by atoms with E-state index in [1.165, 1.54) is 0 Å². The van der Waals surface area contributed by atoms with Crippen LogP contribution in [0.5, 0.6) is 0 Å². The zero-order valence-corrected chi connectivity index (χ0v) is 10.4. The summed E-state index contributed by atoms with van der Waals surface area (Å²) in [6, 6.07) is 8.71. The molecule has 1 aromatic heterocycles. The summed E-state index contributed by atoms with van der Waals surface area (Å²) in [6.45, 7) is 2.53. The Morgan fingerprint density at radius 1 is 1.42 bits per heavy atom. The minimum Gasteiger partial charge on any atom is -0.349 e. The first-order valence-electron chi connectivity index (χ1n) is 5.87. The third-order valence-corrected chi connectivity index (χ3v) is 2.43. The first-order valence-corrected chi connectivity index (χ1v) is 5.87. The molecule has 0 aliphatic heterocycles. The van der Waals surface area contributed by atoms with Crippen LogP contribution in [0.1, 0.15) is 29.5 Å². The van der Waals surface area contributed by atoms with Crippen molar-refractivity contribution in [3.05, 3.63) is 35.7 Å². The quantitative estimate of drug-likeness (QED) is 0.899. The minimum atomic E-state index is -0.356. The average Bonchev–Trinajstić information content (AvgIpc) is 2.94. The van der Waals surface area contributed by atoms with Gasteiger partial charge < -0.3 is 9.84 Å². The second-order valence-electron chi connectivity index (χ2n) is 3.87. The van der Waals surface area contributed by atoms with Crippen molar-refractivity contribution in [2.75, 3.05) is 6.54 Å². The van der Waals surface area contributed by atoms with Crippen LogP contribution in [0.25, 0.3) is 11.5 Å². The number of nitrogens with zero attached hydrogens (tertiary/aromatic N) is 3. The lowest BCUT2D eigenvalue weighted by molar-refractivity contribution is 0.0940. The van der Waals surface area contributed by atoms with Crippen LogP contribution in [0.2, 0.25) is 0 Å². The van der Waals surface area contributed by atoms with Gasteiger partial charge in [0.1, 0.15) is 0 Å². The van der Waals surface area contributed by atoms with Crippen LogP contribution in [-0.4, -0.2) is 22.6 Å². The van der Waals surface area contributed by atoms with Crippen LogP contribution in [0, 0.1) is 11.3 Å². The zero-order chi connectivity index (χ0) is 13.7. The van der Waals surface area contributed by atoms with Crippen molar-refractivity contribution in [1.29, 1.82) is 5.26 Å². The number of hydrogen-bond donors (Lipinski definition) is 1. The first kappa shape index (κ1) is 12.8. The highest BCUT2D eigenvalue weighted by atomic mass is 16.5. The largest absolute Gasteiger partial charge is 0.349 e. The summed E-state index contributed by atoms with van der Waals surface area (Å²) in [5.41, 5.74) is 1.21. The molecule has 1 amide bonds. The molecule has 0 aliphatic rings. The van der Waals surface area contributed by atoms with Gasteiger partial charge in [-0.05, 0) is 30.7 Å². The fourth-order valence-electron chi connectivity index (χ4n) is 1.44. The molecule has 0 radical (unpaired) electrons. The normalized spacial score (nSPS) is 9.89. The minimum absolute atomic E-state index is 0.00723. The molecule has 2 rings (SSSR count). The lowest BCUT2D eigenvalue weighted by Crippen LogP contribution is -2.25. The van der Waals surface area contributed by atoms with Gasteiger partial charge in [0.05, 0.1) is 11.6 Å². The van der Waals surface area contributed by atoms with Gasteiger partial charge in [-0.25, -0.2) is 0 Å². The summed E-state index contributed by atoms with van der Waals surface area (Å²) >= 11 is 0. The van der Waals surface area contributed by atoms with E-state index in [1.54, 1.807) is 24.3 Å². The van der Waals surface area contributed by atoms with Gasteiger partial charge in [-0.2, -0.15) is 10.2 Å². The van der Waals surface area contributed by atoms with Crippen LogP contribution in [0.3, 0.4) is 0 Å². The highest BCUT2D eigenvalue weighted by Crippen LogP contribution is 2.17. The number of benzene rings is 1. The monoisotopic (exact) mass is 256 g/mol. The Morgan fingerprint density at radius 3 is 2.79 bits per heavy atom. The summed E-state index contributed by atoms with van der Waals surface area (Å²) in [5, 5.41) is 15.0. The van der Waals surface area contributed by atoms with E-state index < -0.39 is 0 Å². The van der Waals surface area contributed by atoms with Gasteiger partial charge in [0.2, 0.25) is 0 Å². The van der Waals surface area contributed by atoms with Crippen LogP contribution < -0.4 is 5.32 Å². The fourth-order valence-corrected chi connectivity index (χ4v) is 1.44. The second kappa shape index (κ2) is 5.78. The number of carbonyl (C=O) groups excluding carboxylic acids is 1. The molecule has 19 heavy (non-hydrogen) atoms. The lowest BCUT2D eigenvalue weighted by atomic mass is 10.1. The van der Waals surface area contributed by atoms with Gasteiger partial charge in [0.25, 0.3) is 17.6 Å². The molecule has 0 aliphatic carbocycles. The predicted octanol–water partition coefficient (Wildman–Crippen LogP) is 1.75. The molecular weight excluding hydrogens is 244 g/mol. The zero-order valence-electron chi connectivity index (χ0n) is 10.4. The van der Waals surface area contributed by atoms with Crippen LogP contribution in [-0.2, 0) is 0 Å². The van der Waals surface area contributed by atoms with E-state index in [9.17, 15) is 4.79 Å². The summed E-state index contributed by atoms with van der Waals surface area (Å²) in [6.07, 6.45) is 0.839. The molecule has 0 fully saturated rings. The van der Waals surface area contributed by atoms with E-state index in [-0.39, 0.29) is 17.6 Å². The lowest BCUT2D eigenvalue weighted by Gasteiger charge is -1.96. The molecule has 0 atom stereocenters. The summed E-state index contributed by atoms with van der Waals surface area (Å²) < 4.78 is 5.02. The van der Waals surface area contributed by atoms with Gasteiger partial charge in [0, 0.05) is 12.1 Å². The number of nitriles is 1. The molecule has 0 bridgehead atoms. The van der Waals surface area contributed by atoms with E-state index in [2.05, 4.69) is 15.5 Å². The second-order valence-corrected chi connectivity index (χ2v) is 3.87. The maximum absolute atomic E-state index is 11.6. The third kappa shape index (κ3) is 2.96. The molecular formula is C13H12N4O2. The van der Waals surface area contributed by atoms with Gasteiger partial charge >= 0.3 is 0 Å². The van der Waals surface area contributed by atoms with E-state index in [0.717, 1.165) is 6.42 Å². The molecule has 0 spiro atoms. The highest BCUT2D eigenvalue weighted by Gasteiger charge is 2.14. The first-order chi connectivity index (χ1) is 9.24. The summed E-state index contributed by atoms with van der Waals surface area (Å²) in [5.74, 6) is -0.0931. The number of rotatable bonds is 4. The predicted molar refractivity (Wildman–Crippen MR) is 67.1 cm³/mol. The number of aromatic nitrogens is 2. The Bertz CT molecular complexity index is 610. The Morgan fingerprint density at radius 2 is 2.16 bits per heavy atom. The Hall–Kier alpha value is -2.68. The third-order valence-electron chi connectivity index (χ3n) is 2.43. The molecule has 0 saturated carbocycles. The maximum Gasteiger partial charge on any atom is 0.292 e. The van der Waals surface area contributed by atoms with Crippen LogP contribution in [0.15, 0.2) is 28.8 Å². The van der Waals surface area contributed by atoms with Crippen molar-refractivity contribution in [2.24, 2.45) is 0 Å². The summed E-state index contributed by atoms with van der Waals surface area (Å²) in [4.78, 5) is 15.6. The topological polar surface area (TPSA) is 91.8 Å². The van der Waals surface area contributed by atoms with E-state index >= 15 is 0 Å². The molecule has 0 saturated heterocycles. The Balaban J connectivity index is 2.16. The number of carbonyl (C=O) groups is 1. The molecule has 1 heterocycles. The number of nitrogens with one attached hydrogen (secondary N) is 1. The Labute approximate surface area is 110 Å². The van der Waals surface area contributed by atoms with E-state index in [1.807, 2.05) is 13.0 Å². The molecule has 2 aromatic rings. The molecule has 1 aromatic carbocycles. The van der Waals surface area contributed by atoms with Crippen LogP contribution >= 0.6 is 0 Å². The summed E-state index contributed by atoms with van der Waals surface area (Å²) in [7, 11) is 0. The van der Waals surface area contributed by atoms with Gasteiger partial charge in [-0.15, -0.1) is 0 Å². The SMILES string of the molecule is CCCNC(=O)c1noc(-c2ccc(C#N)cc2)n1. The molecule has 6 heteroatoms. The molecule has 0 unspecified atom stereocenters. The maximum atomic E-state index is 11.6. The highest BCUT2D eigenvalue weighted by molar-refractivity contribution is 5.90. The number of hydrogen-bond acceptors (Lipinski definition) is 5. The fraction of sp³-hybridized carbons (Fsp3) is 0.231. The average molecular weight is 256 g/mol. The smallest absolute Gasteiger partial charge is 0.292 e. The van der Waals surface area contributed by atoms with E-state index in [4.69, 9.17) is 9.78 Å². The van der Waals surface area contributed by atoms with Crippen molar-refractivity contribution in [3.63, 3.8) is 0 Å². The standard InChI is InChI=1S/C13H12N4O2/c1-2-7-15-12(18)11-16-13(19-17-11)10-5-3-9(8-14)4-6-10/h3-6H,2,7H2,1H3,(H,15,18). The molecule has 6 nitrogen and oxygen atoms in total. The van der Waals surface area contributed by atoms with Gasteiger partial charge in [-0.3, -0.25) is 4.79 Å². The van der Waals surface area contributed by atoms with Crippen molar-refractivity contribution >= 4 is 5.91 Å². The molecule has 96 valence electrons. The molecule has 1 N–H and O–H groups in total. The Kier molecular flexibility index (Phi) is 3.88. The van der Waals surface area contributed by atoms with Gasteiger partial charge in [0.15, 0.2) is 0 Å². The van der Waals surface area contributed by atoms with Crippen LogP contribution in [0.4, 0.5) is 0 Å². The van der Waals surface area contributed by atoms with E-state index in [0.29, 0.717) is 17.7 Å². The van der Waals surface area contributed by atoms with Crippen molar-refractivity contribution < 1.29 is 9.32 Å².